The Balaban J connectivity index is 2.29. The fourth-order valence-electron chi connectivity index (χ4n) is 1.48. The van der Waals surface area contributed by atoms with E-state index in [1.165, 1.54) is 13.3 Å². The van der Waals surface area contributed by atoms with E-state index in [-0.39, 0.29) is 11.4 Å². The van der Waals surface area contributed by atoms with Gasteiger partial charge in [0.25, 0.3) is 5.91 Å². The second-order valence-electron chi connectivity index (χ2n) is 3.66. The van der Waals surface area contributed by atoms with Crippen LogP contribution >= 0.6 is 0 Å². The summed E-state index contributed by atoms with van der Waals surface area (Å²) in [5.74, 6) is -2.99. The molecule has 0 fully saturated rings. The molecule has 1 amide bonds. The number of hydrogen-bond acceptors (Lipinski definition) is 7. The van der Waals surface area contributed by atoms with Gasteiger partial charge in [-0.15, -0.1) is 0 Å². The van der Waals surface area contributed by atoms with Gasteiger partial charge in [-0.1, -0.05) is 0 Å². The molecule has 2 aromatic heterocycles. The zero-order valence-corrected chi connectivity index (χ0v) is 10.7. The van der Waals surface area contributed by atoms with E-state index in [1.54, 1.807) is 0 Å². The number of anilines is 1. The molecule has 2 heterocycles. The number of nitrogens with one attached hydrogen (secondary N) is 2. The standard InChI is InChI=1S/C11H9N5O5/c1-21-11(20)5-4-14-16-8(5)15-9(17)6-7(10(18)19)13-3-2-12-6/h2-4H,1H3,(H,18,19)(H2,14,15,16,17). The largest absolute Gasteiger partial charge is 0.476 e. The van der Waals surface area contributed by atoms with Crippen LogP contribution in [0.1, 0.15) is 31.3 Å². The van der Waals surface area contributed by atoms with Gasteiger partial charge in [-0.2, -0.15) is 5.10 Å². The molecule has 2 rings (SSSR count). The molecule has 0 atom stereocenters. The summed E-state index contributed by atoms with van der Waals surface area (Å²) in [5.41, 5.74) is -0.906. The van der Waals surface area contributed by atoms with Gasteiger partial charge in [0.1, 0.15) is 11.4 Å². The minimum atomic E-state index is -1.40. The summed E-state index contributed by atoms with van der Waals surface area (Å²) in [5, 5.41) is 17.2. The average molecular weight is 291 g/mol. The van der Waals surface area contributed by atoms with Crippen LogP contribution in [0.4, 0.5) is 5.82 Å². The summed E-state index contributed by atoms with van der Waals surface area (Å²) < 4.78 is 4.51. The molecule has 0 saturated heterocycles. The van der Waals surface area contributed by atoms with Crippen molar-refractivity contribution in [3.8, 4) is 0 Å². The van der Waals surface area contributed by atoms with Crippen molar-refractivity contribution in [2.24, 2.45) is 0 Å². The van der Waals surface area contributed by atoms with E-state index in [4.69, 9.17) is 5.11 Å². The second kappa shape index (κ2) is 5.77. The quantitative estimate of drug-likeness (QED) is 0.663. The third kappa shape index (κ3) is 2.83. The minimum absolute atomic E-state index is 0.00776. The number of esters is 1. The zero-order chi connectivity index (χ0) is 15.4. The number of carbonyl (C=O) groups is 3. The number of carboxylic acids is 1. The van der Waals surface area contributed by atoms with Crippen LogP contribution in [-0.2, 0) is 4.74 Å². The number of ether oxygens (including phenoxy) is 1. The monoisotopic (exact) mass is 291 g/mol. The van der Waals surface area contributed by atoms with E-state index in [9.17, 15) is 14.4 Å². The Morgan fingerprint density at radius 2 is 1.90 bits per heavy atom. The molecule has 2 aromatic rings. The Morgan fingerprint density at radius 3 is 2.52 bits per heavy atom. The molecule has 0 bridgehead atoms. The van der Waals surface area contributed by atoms with Gasteiger partial charge in [0.05, 0.1) is 13.3 Å². The lowest BCUT2D eigenvalue weighted by Crippen LogP contribution is -2.20. The Morgan fingerprint density at radius 1 is 1.24 bits per heavy atom. The van der Waals surface area contributed by atoms with Crippen molar-refractivity contribution in [2.75, 3.05) is 12.4 Å². The Hall–Kier alpha value is -3.30. The lowest BCUT2D eigenvalue weighted by atomic mass is 10.2. The predicted molar refractivity (Wildman–Crippen MR) is 66.9 cm³/mol. The number of H-pyrrole nitrogens is 1. The highest BCUT2D eigenvalue weighted by atomic mass is 16.5. The minimum Gasteiger partial charge on any atom is -0.476 e. The van der Waals surface area contributed by atoms with Crippen molar-refractivity contribution >= 4 is 23.7 Å². The van der Waals surface area contributed by atoms with Crippen LogP contribution in [0, 0.1) is 0 Å². The van der Waals surface area contributed by atoms with Crippen molar-refractivity contribution in [1.82, 2.24) is 20.2 Å². The van der Waals surface area contributed by atoms with E-state index in [1.807, 2.05) is 0 Å². The number of hydrogen-bond donors (Lipinski definition) is 3. The molecule has 21 heavy (non-hydrogen) atoms. The molecule has 0 aliphatic carbocycles. The van der Waals surface area contributed by atoms with Gasteiger partial charge in [-0.25, -0.2) is 19.6 Å². The van der Waals surface area contributed by atoms with E-state index < -0.39 is 29.2 Å². The van der Waals surface area contributed by atoms with Crippen LogP contribution in [-0.4, -0.2) is 50.2 Å². The SMILES string of the molecule is COC(=O)c1cn[nH]c1NC(=O)c1nccnc1C(=O)O. The van der Waals surface area contributed by atoms with Gasteiger partial charge in [0.2, 0.25) is 0 Å². The molecule has 3 N–H and O–H groups in total. The molecule has 0 radical (unpaired) electrons. The summed E-state index contributed by atoms with van der Waals surface area (Å²) in [6.07, 6.45) is 3.49. The summed E-state index contributed by atoms with van der Waals surface area (Å²) in [7, 11) is 1.17. The van der Waals surface area contributed by atoms with E-state index in [2.05, 4.69) is 30.2 Å². The maximum atomic E-state index is 12.0. The molecule has 0 unspecified atom stereocenters. The number of methoxy groups -OCH3 is 1. The van der Waals surface area contributed by atoms with Crippen LogP contribution < -0.4 is 5.32 Å². The Kier molecular flexibility index (Phi) is 3.88. The highest BCUT2D eigenvalue weighted by Crippen LogP contribution is 2.13. The first-order chi connectivity index (χ1) is 10.0. The molecule has 108 valence electrons. The van der Waals surface area contributed by atoms with Gasteiger partial charge in [0.15, 0.2) is 11.4 Å². The lowest BCUT2D eigenvalue weighted by molar-refractivity contribution is 0.0601. The van der Waals surface area contributed by atoms with Crippen LogP contribution in [0.3, 0.4) is 0 Å². The molecular formula is C11H9N5O5. The molecule has 0 spiro atoms. The summed E-state index contributed by atoms with van der Waals surface area (Å²) >= 11 is 0. The average Bonchev–Trinajstić information content (AvgIpc) is 2.94. The van der Waals surface area contributed by atoms with Crippen molar-refractivity contribution in [2.45, 2.75) is 0 Å². The van der Waals surface area contributed by atoms with Crippen molar-refractivity contribution < 1.29 is 24.2 Å². The van der Waals surface area contributed by atoms with Crippen LogP contribution in [0.2, 0.25) is 0 Å². The molecule has 10 nitrogen and oxygen atoms in total. The molecule has 0 saturated carbocycles. The van der Waals surface area contributed by atoms with E-state index in [0.717, 1.165) is 12.4 Å². The Bertz CT molecular complexity index is 711. The highest BCUT2D eigenvalue weighted by molar-refractivity contribution is 6.10. The third-order valence-electron chi connectivity index (χ3n) is 2.40. The van der Waals surface area contributed by atoms with Crippen molar-refractivity contribution in [3.63, 3.8) is 0 Å². The van der Waals surface area contributed by atoms with Gasteiger partial charge in [-0.3, -0.25) is 9.89 Å². The Labute approximate surface area is 117 Å². The van der Waals surface area contributed by atoms with Crippen LogP contribution in [0.25, 0.3) is 0 Å². The van der Waals surface area contributed by atoms with E-state index in [0.29, 0.717) is 0 Å². The summed E-state index contributed by atoms with van der Waals surface area (Å²) in [4.78, 5) is 41.7. The zero-order valence-electron chi connectivity index (χ0n) is 10.7. The van der Waals surface area contributed by atoms with E-state index >= 15 is 0 Å². The molecule has 10 heteroatoms. The molecule has 0 aliphatic heterocycles. The van der Waals surface area contributed by atoms with Gasteiger partial charge < -0.3 is 15.2 Å². The molecule has 0 aliphatic rings. The number of carbonyl (C=O) groups excluding carboxylic acids is 2. The van der Waals surface area contributed by atoms with Crippen molar-refractivity contribution in [1.29, 1.82) is 0 Å². The number of aromatic carboxylic acids is 1. The number of nitrogens with zero attached hydrogens (tertiary/aromatic N) is 3. The van der Waals surface area contributed by atoms with Gasteiger partial charge in [-0.05, 0) is 0 Å². The normalized spacial score (nSPS) is 9.95. The predicted octanol–water partition coefficient (Wildman–Crippen LogP) is -0.0632. The lowest BCUT2D eigenvalue weighted by Gasteiger charge is -2.05. The van der Waals surface area contributed by atoms with Gasteiger partial charge in [0, 0.05) is 12.4 Å². The maximum absolute atomic E-state index is 12.0. The maximum Gasteiger partial charge on any atom is 0.356 e. The number of rotatable bonds is 4. The topological polar surface area (TPSA) is 147 Å². The fraction of sp³-hybridized carbons (Fsp3) is 0.0909. The van der Waals surface area contributed by atoms with Crippen LogP contribution in [0.5, 0.6) is 0 Å². The highest BCUT2D eigenvalue weighted by Gasteiger charge is 2.22. The summed E-state index contributed by atoms with van der Waals surface area (Å²) in [6.45, 7) is 0. The first-order valence-corrected chi connectivity index (χ1v) is 5.52. The second-order valence-corrected chi connectivity index (χ2v) is 3.66. The molecular weight excluding hydrogens is 282 g/mol. The first kappa shape index (κ1) is 14.1. The number of aromatic amines is 1. The fourth-order valence-corrected chi connectivity index (χ4v) is 1.48. The van der Waals surface area contributed by atoms with Crippen LogP contribution in [0.15, 0.2) is 18.6 Å². The first-order valence-electron chi connectivity index (χ1n) is 5.52. The summed E-state index contributed by atoms with van der Waals surface area (Å²) in [6, 6.07) is 0. The molecule has 0 aromatic carbocycles. The smallest absolute Gasteiger partial charge is 0.356 e. The number of amides is 1. The van der Waals surface area contributed by atoms with Gasteiger partial charge >= 0.3 is 11.9 Å². The van der Waals surface area contributed by atoms with Crippen molar-refractivity contribution in [3.05, 3.63) is 35.5 Å². The number of carboxylic acid groups (broad SMARTS) is 1. The third-order valence-corrected chi connectivity index (χ3v) is 2.40. The number of aromatic nitrogens is 4.